The normalized spacial score (nSPS) is 11.0. The number of nitrogens with zero attached hydrogens (tertiary/aromatic N) is 2. The van der Waals surface area contributed by atoms with Crippen molar-refractivity contribution in [1.82, 2.24) is 15.5 Å². The maximum atomic E-state index is 5.84. The molecule has 3 heterocycles. The van der Waals surface area contributed by atoms with Gasteiger partial charge in [0.05, 0.1) is 0 Å². The minimum absolute atomic E-state index is 0.594. The lowest BCUT2D eigenvalue weighted by Gasteiger charge is -2.08. The fourth-order valence-electron chi connectivity index (χ4n) is 2.57. The van der Waals surface area contributed by atoms with Crippen molar-refractivity contribution in [3.63, 3.8) is 0 Å². The van der Waals surface area contributed by atoms with Crippen molar-refractivity contribution >= 4 is 21.6 Å². The highest BCUT2D eigenvalue weighted by molar-refractivity contribution is 7.17. The average molecular weight is 351 g/mol. The SMILES string of the molecule is c1cncc(CNCCOc2cccc(-c3noc4ccsc34)c2)c1. The minimum Gasteiger partial charge on any atom is -0.492 e. The molecule has 3 aromatic heterocycles. The number of thiophene rings is 1. The second-order valence-electron chi connectivity index (χ2n) is 5.56. The maximum Gasteiger partial charge on any atom is 0.178 e. The van der Waals surface area contributed by atoms with Gasteiger partial charge in [-0.1, -0.05) is 23.4 Å². The molecule has 0 aliphatic rings. The van der Waals surface area contributed by atoms with E-state index in [0.717, 1.165) is 45.9 Å². The van der Waals surface area contributed by atoms with Crippen LogP contribution in [-0.4, -0.2) is 23.3 Å². The molecule has 0 saturated carbocycles. The molecule has 0 atom stereocenters. The summed E-state index contributed by atoms with van der Waals surface area (Å²) >= 11 is 1.63. The van der Waals surface area contributed by atoms with Crippen LogP contribution in [0.25, 0.3) is 21.5 Å². The lowest BCUT2D eigenvalue weighted by atomic mass is 10.1. The number of benzene rings is 1. The van der Waals surface area contributed by atoms with Crippen LogP contribution in [0, 0.1) is 0 Å². The van der Waals surface area contributed by atoms with Gasteiger partial charge >= 0.3 is 0 Å². The van der Waals surface area contributed by atoms with Crippen LogP contribution in [0.1, 0.15) is 5.56 Å². The number of fused-ring (bicyclic) bond motifs is 1. The van der Waals surface area contributed by atoms with E-state index in [4.69, 9.17) is 9.26 Å². The first-order valence-electron chi connectivity index (χ1n) is 8.06. The van der Waals surface area contributed by atoms with E-state index >= 15 is 0 Å². The van der Waals surface area contributed by atoms with Crippen LogP contribution in [-0.2, 0) is 6.54 Å². The van der Waals surface area contributed by atoms with Gasteiger partial charge in [0.1, 0.15) is 22.8 Å². The number of aromatic nitrogens is 2. The predicted octanol–water partition coefficient (Wildman–Crippen LogP) is 4.12. The minimum atomic E-state index is 0.594. The monoisotopic (exact) mass is 351 g/mol. The molecule has 25 heavy (non-hydrogen) atoms. The van der Waals surface area contributed by atoms with E-state index in [1.165, 1.54) is 0 Å². The predicted molar refractivity (Wildman–Crippen MR) is 98.8 cm³/mol. The van der Waals surface area contributed by atoms with Crippen LogP contribution in [0.4, 0.5) is 0 Å². The van der Waals surface area contributed by atoms with Gasteiger partial charge in [-0.2, -0.15) is 0 Å². The van der Waals surface area contributed by atoms with Crippen molar-refractivity contribution in [1.29, 1.82) is 0 Å². The summed E-state index contributed by atoms with van der Waals surface area (Å²) in [5.74, 6) is 0.827. The number of pyridine rings is 1. The Morgan fingerprint density at radius 3 is 3.08 bits per heavy atom. The zero-order valence-electron chi connectivity index (χ0n) is 13.5. The summed E-state index contributed by atoms with van der Waals surface area (Å²) in [4.78, 5) is 4.10. The summed E-state index contributed by atoms with van der Waals surface area (Å²) in [5, 5.41) is 9.52. The Bertz CT molecular complexity index is 949. The van der Waals surface area contributed by atoms with E-state index in [1.54, 1.807) is 17.5 Å². The third-order valence-electron chi connectivity index (χ3n) is 3.79. The molecule has 1 aromatic carbocycles. The summed E-state index contributed by atoms with van der Waals surface area (Å²) in [6.45, 7) is 2.14. The van der Waals surface area contributed by atoms with Gasteiger partial charge in [-0.05, 0) is 35.2 Å². The van der Waals surface area contributed by atoms with Crippen molar-refractivity contribution in [2.24, 2.45) is 0 Å². The molecule has 0 saturated heterocycles. The molecule has 0 aliphatic heterocycles. The summed E-state index contributed by atoms with van der Waals surface area (Å²) in [6.07, 6.45) is 3.64. The molecular formula is C19H17N3O2S. The highest BCUT2D eigenvalue weighted by atomic mass is 32.1. The van der Waals surface area contributed by atoms with Crippen molar-refractivity contribution < 1.29 is 9.26 Å². The van der Waals surface area contributed by atoms with E-state index < -0.39 is 0 Å². The second kappa shape index (κ2) is 7.46. The molecular weight excluding hydrogens is 334 g/mol. The lowest BCUT2D eigenvalue weighted by molar-refractivity contribution is 0.313. The van der Waals surface area contributed by atoms with Gasteiger partial charge in [-0.3, -0.25) is 4.98 Å². The third kappa shape index (κ3) is 3.70. The van der Waals surface area contributed by atoms with Crippen LogP contribution in [0.5, 0.6) is 5.75 Å². The van der Waals surface area contributed by atoms with Gasteiger partial charge in [-0.15, -0.1) is 11.3 Å². The molecule has 0 radical (unpaired) electrons. The molecule has 6 heteroatoms. The van der Waals surface area contributed by atoms with Crippen molar-refractivity contribution in [2.45, 2.75) is 6.54 Å². The Morgan fingerprint density at radius 2 is 2.16 bits per heavy atom. The van der Waals surface area contributed by atoms with Crippen molar-refractivity contribution in [2.75, 3.05) is 13.2 Å². The zero-order valence-corrected chi connectivity index (χ0v) is 14.3. The number of ether oxygens (including phenoxy) is 1. The number of hydrogen-bond donors (Lipinski definition) is 1. The van der Waals surface area contributed by atoms with Crippen molar-refractivity contribution in [3.8, 4) is 17.0 Å². The Hall–Kier alpha value is -2.70. The zero-order chi connectivity index (χ0) is 16.9. The van der Waals surface area contributed by atoms with Crippen LogP contribution in [0.15, 0.2) is 64.8 Å². The molecule has 0 aliphatic carbocycles. The van der Waals surface area contributed by atoms with E-state index in [-0.39, 0.29) is 0 Å². The van der Waals surface area contributed by atoms with Crippen LogP contribution < -0.4 is 10.1 Å². The van der Waals surface area contributed by atoms with Crippen molar-refractivity contribution in [3.05, 3.63) is 65.8 Å². The molecule has 5 nitrogen and oxygen atoms in total. The molecule has 0 unspecified atom stereocenters. The average Bonchev–Trinajstić information content (AvgIpc) is 3.26. The Morgan fingerprint density at radius 1 is 1.16 bits per heavy atom. The van der Waals surface area contributed by atoms with E-state index in [1.807, 2.05) is 54.0 Å². The van der Waals surface area contributed by atoms with Gasteiger partial charge < -0.3 is 14.6 Å². The number of rotatable bonds is 7. The largest absolute Gasteiger partial charge is 0.492 e. The quantitative estimate of drug-likeness (QED) is 0.508. The Labute approximate surface area is 149 Å². The summed E-state index contributed by atoms with van der Waals surface area (Å²) in [6, 6.07) is 13.9. The number of hydrogen-bond acceptors (Lipinski definition) is 6. The first-order chi connectivity index (χ1) is 12.4. The van der Waals surface area contributed by atoms with Gasteiger partial charge in [0.25, 0.3) is 0 Å². The molecule has 126 valence electrons. The fraction of sp³-hybridized carbons (Fsp3) is 0.158. The van der Waals surface area contributed by atoms with Gasteiger partial charge in [0.2, 0.25) is 0 Å². The Balaban J connectivity index is 1.33. The number of nitrogens with one attached hydrogen (secondary N) is 1. The van der Waals surface area contributed by atoms with Gasteiger partial charge in [0, 0.05) is 31.0 Å². The first-order valence-corrected chi connectivity index (χ1v) is 8.94. The molecule has 0 amide bonds. The topological polar surface area (TPSA) is 60.2 Å². The smallest absolute Gasteiger partial charge is 0.178 e. The van der Waals surface area contributed by atoms with Crippen LogP contribution in [0.2, 0.25) is 0 Å². The standard InChI is InChI=1S/C19H17N3O2S/c1-4-15(18-19-17(24-22-18)6-10-25-19)11-16(5-1)23-9-8-21-13-14-3-2-7-20-12-14/h1-7,10-12,21H,8-9,13H2. The summed E-state index contributed by atoms with van der Waals surface area (Å²) < 4.78 is 12.3. The van der Waals surface area contributed by atoms with Crippen LogP contribution >= 0.6 is 11.3 Å². The Kier molecular flexibility index (Phi) is 4.72. The van der Waals surface area contributed by atoms with E-state index in [2.05, 4.69) is 15.5 Å². The molecule has 4 rings (SSSR count). The maximum absolute atomic E-state index is 5.84. The van der Waals surface area contributed by atoms with E-state index in [0.29, 0.717) is 6.61 Å². The molecule has 4 aromatic rings. The third-order valence-corrected chi connectivity index (χ3v) is 4.69. The van der Waals surface area contributed by atoms with Gasteiger partial charge in [0.15, 0.2) is 5.58 Å². The molecule has 0 fully saturated rings. The lowest BCUT2D eigenvalue weighted by Crippen LogP contribution is -2.20. The highest BCUT2D eigenvalue weighted by Crippen LogP contribution is 2.33. The molecule has 1 N–H and O–H groups in total. The first kappa shape index (κ1) is 15.8. The second-order valence-corrected chi connectivity index (χ2v) is 6.48. The molecule has 0 spiro atoms. The molecule has 0 bridgehead atoms. The summed E-state index contributed by atoms with van der Waals surface area (Å²) in [5.41, 5.74) is 3.86. The fourth-order valence-corrected chi connectivity index (χ4v) is 3.39. The highest BCUT2D eigenvalue weighted by Gasteiger charge is 2.12. The van der Waals surface area contributed by atoms with Crippen LogP contribution in [0.3, 0.4) is 0 Å². The summed E-state index contributed by atoms with van der Waals surface area (Å²) in [7, 11) is 0. The van der Waals surface area contributed by atoms with Gasteiger partial charge in [-0.25, -0.2) is 0 Å². The van der Waals surface area contributed by atoms with E-state index in [9.17, 15) is 0 Å².